The van der Waals surface area contributed by atoms with Gasteiger partial charge in [0.15, 0.2) is 0 Å². The monoisotopic (exact) mass is 855 g/mol. The van der Waals surface area contributed by atoms with Gasteiger partial charge in [0.1, 0.15) is 36.0 Å². The molecular formula is C39H53N9O9S2. The number of amides is 8. The van der Waals surface area contributed by atoms with E-state index >= 15 is 0 Å². The summed E-state index contributed by atoms with van der Waals surface area (Å²) in [6.07, 6.45) is 2.02. The van der Waals surface area contributed by atoms with Crippen molar-refractivity contribution in [2.75, 3.05) is 18.1 Å². The molecule has 4 rings (SSSR count). The van der Waals surface area contributed by atoms with E-state index in [1.165, 1.54) is 33.7 Å². The number of pyridine rings is 1. The molecule has 0 radical (unpaired) electrons. The van der Waals surface area contributed by atoms with Crippen LogP contribution in [0.3, 0.4) is 0 Å². The molecule has 8 amide bonds. The number of hydrogen-bond donors (Lipinski definition) is 8. The lowest BCUT2D eigenvalue weighted by molar-refractivity contribution is -0.138. The minimum Gasteiger partial charge on any atom is -0.508 e. The van der Waals surface area contributed by atoms with E-state index in [4.69, 9.17) is 11.5 Å². The highest BCUT2D eigenvalue weighted by Gasteiger charge is 2.38. The lowest BCUT2D eigenvalue weighted by atomic mass is 9.96. The van der Waals surface area contributed by atoms with E-state index in [1.54, 1.807) is 43.1 Å². The minimum absolute atomic E-state index is 0.00862. The minimum atomic E-state index is -1.59. The molecule has 0 bridgehead atoms. The number of phenolic OH excluding ortho intramolecular Hbond substituents is 1. The van der Waals surface area contributed by atoms with Crippen LogP contribution in [0.5, 0.6) is 5.75 Å². The van der Waals surface area contributed by atoms with Crippen LogP contribution in [0.2, 0.25) is 0 Å². The Hall–Kier alpha value is -5.37. The summed E-state index contributed by atoms with van der Waals surface area (Å²) in [5, 5.41) is 23.0. The van der Waals surface area contributed by atoms with Crippen LogP contribution in [-0.2, 0) is 44.8 Å². The maximum Gasteiger partial charge on any atom is 0.246 e. The molecular weight excluding hydrogens is 803 g/mol. The second-order valence-corrected chi connectivity index (χ2v) is 17.1. The van der Waals surface area contributed by atoms with E-state index in [0.717, 1.165) is 0 Å². The average molecular weight is 856 g/mol. The number of primary amides is 2. The zero-order chi connectivity index (χ0) is 43.1. The van der Waals surface area contributed by atoms with Crippen molar-refractivity contribution in [2.45, 2.75) is 101 Å². The zero-order valence-corrected chi connectivity index (χ0v) is 34.7. The van der Waals surface area contributed by atoms with E-state index in [-0.39, 0.29) is 49.0 Å². The van der Waals surface area contributed by atoms with Gasteiger partial charge in [0.25, 0.3) is 0 Å². The summed E-state index contributed by atoms with van der Waals surface area (Å²) >= 11 is 0. The van der Waals surface area contributed by atoms with Gasteiger partial charge in [-0.25, -0.2) is 0 Å². The molecule has 59 heavy (non-hydrogen) atoms. The molecule has 10 N–H and O–H groups in total. The lowest BCUT2D eigenvalue weighted by Gasteiger charge is -2.30. The number of nitrogens with zero attached hydrogens (tertiary/aromatic N) is 2. The summed E-state index contributed by atoms with van der Waals surface area (Å²) in [6, 6.07) is 4.51. The molecule has 18 nitrogen and oxygen atoms in total. The number of benzene rings is 1. The first-order chi connectivity index (χ1) is 28.2. The van der Waals surface area contributed by atoms with Crippen LogP contribution in [0.1, 0.15) is 76.1 Å². The van der Waals surface area contributed by atoms with Gasteiger partial charge in [-0.3, -0.25) is 43.3 Å². The van der Waals surface area contributed by atoms with Crippen molar-refractivity contribution in [1.82, 2.24) is 36.5 Å². The molecule has 1 aromatic carbocycles. The summed E-state index contributed by atoms with van der Waals surface area (Å²) in [5.74, 6) is -6.16. The van der Waals surface area contributed by atoms with E-state index in [0.29, 0.717) is 37.1 Å². The highest BCUT2D eigenvalue weighted by molar-refractivity contribution is 8.76. The topological polar surface area (TPSA) is 285 Å². The Morgan fingerprint density at radius 2 is 1.56 bits per heavy atom. The number of hydrogen-bond acceptors (Lipinski definition) is 12. The van der Waals surface area contributed by atoms with Gasteiger partial charge in [-0.2, -0.15) is 0 Å². The van der Waals surface area contributed by atoms with Crippen LogP contribution in [0.4, 0.5) is 0 Å². The predicted octanol–water partition coefficient (Wildman–Crippen LogP) is 0.0895. The Kier molecular flexibility index (Phi) is 17.8. The molecule has 2 aromatic rings. The first-order valence-electron chi connectivity index (χ1n) is 19.5. The number of rotatable bonds is 11. The van der Waals surface area contributed by atoms with Crippen LogP contribution < -0.4 is 38.1 Å². The maximum absolute atomic E-state index is 14.2. The highest BCUT2D eigenvalue weighted by Crippen LogP contribution is 2.32. The number of carbonyl (C=O) groups excluding carboxylic acids is 8. The van der Waals surface area contributed by atoms with Crippen molar-refractivity contribution in [2.24, 2.45) is 17.4 Å². The van der Waals surface area contributed by atoms with Gasteiger partial charge in [0.2, 0.25) is 47.3 Å². The quantitative estimate of drug-likeness (QED) is 0.140. The molecule has 0 spiro atoms. The number of nitrogens with one attached hydrogen (secondary N) is 5. The fourth-order valence-corrected chi connectivity index (χ4v) is 8.81. The van der Waals surface area contributed by atoms with Crippen LogP contribution in [0, 0.1) is 5.92 Å². The SMILES string of the molecule is CC[C@H](C)[C@@H]1NC(=O)[C@H](Cc2ccc(O)cc2)NC(=O)CCSSC[C@@H](C(=O)N2CCC[C@H]2c2ccccn2)NC(=O)[C@H](CC(N)=O)NC(=O)[C@H](CCC(N)=O)NC1=O. The molecule has 2 aliphatic heterocycles. The van der Waals surface area contributed by atoms with Crippen LogP contribution >= 0.6 is 21.6 Å². The maximum atomic E-state index is 14.2. The fourth-order valence-electron chi connectivity index (χ4n) is 6.67. The van der Waals surface area contributed by atoms with Crippen molar-refractivity contribution in [3.05, 3.63) is 59.9 Å². The standard InChI is InChI=1S/C39H53N9O9S2/c1-3-22(2)34-38(56)44-26(13-14-31(40)50)35(53)45-28(20-32(41)51)36(54)46-29(39(57)48-17-6-8-30(48)25-7-4-5-16-42-25)21-59-58-18-15-33(52)43-27(37(55)47-34)19-23-9-11-24(49)12-10-23/h4-5,7,9-12,16,22,26-30,34,49H,3,6,8,13-15,17-21H2,1-2H3,(H2,40,50)(H2,41,51)(H,43,52)(H,44,56)(H,45,53)(H,46,54)(H,47,55)/t22-,26-,27-,28-,29-,30-,34-/m0/s1. The summed E-state index contributed by atoms with van der Waals surface area (Å²) < 4.78 is 0. The van der Waals surface area contributed by atoms with E-state index in [2.05, 4.69) is 31.6 Å². The second kappa shape index (κ2) is 22.7. The Morgan fingerprint density at radius 3 is 2.22 bits per heavy atom. The van der Waals surface area contributed by atoms with Crippen molar-refractivity contribution < 1.29 is 43.5 Å². The van der Waals surface area contributed by atoms with Gasteiger partial charge < -0.3 is 48.1 Å². The van der Waals surface area contributed by atoms with Crippen molar-refractivity contribution in [3.8, 4) is 5.75 Å². The van der Waals surface area contributed by atoms with Gasteiger partial charge in [0.05, 0.1) is 18.2 Å². The Labute approximate surface area is 350 Å². The fraction of sp³-hybridized carbons (Fsp3) is 0.513. The molecule has 1 aromatic heterocycles. The van der Waals surface area contributed by atoms with E-state index in [1.807, 2.05) is 12.1 Å². The number of carbonyl (C=O) groups is 8. The van der Waals surface area contributed by atoms with Gasteiger partial charge >= 0.3 is 0 Å². The first-order valence-corrected chi connectivity index (χ1v) is 22.0. The van der Waals surface area contributed by atoms with E-state index in [9.17, 15) is 43.5 Å². The van der Waals surface area contributed by atoms with E-state index < -0.39 is 89.8 Å². The summed E-state index contributed by atoms with van der Waals surface area (Å²) in [7, 11) is 2.48. The van der Waals surface area contributed by atoms with Crippen molar-refractivity contribution in [1.29, 1.82) is 0 Å². The molecule has 0 saturated carbocycles. The molecule has 2 saturated heterocycles. The van der Waals surface area contributed by atoms with Crippen molar-refractivity contribution in [3.63, 3.8) is 0 Å². The third-order valence-corrected chi connectivity index (χ3v) is 12.5. The first kappa shape index (κ1) is 46.3. The zero-order valence-electron chi connectivity index (χ0n) is 33.0. The third kappa shape index (κ3) is 14.2. The lowest BCUT2D eigenvalue weighted by Crippen LogP contribution is -2.61. The highest BCUT2D eigenvalue weighted by atomic mass is 33.1. The molecule has 320 valence electrons. The largest absolute Gasteiger partial charge is 0.508 e. The Morgan fingerprint density at radius 1 is 0.864 bits per heavy atom. The molecule has 3 heterocycles. The number of likely N-dealkylation sites (tertiary alicyclic amines) is 1. The van der Waals surface area contributed by atoms with Crippen LogP contribution in [0.15, 0.2) is 48.7 Å². The number of phenols is 1. The number of aromatic hydroxyl groups is 1. The van der Waals surface area contributed by atoms with Gasteiger partial charge in [-0.15, -0.1) is 0 Å². The van der Waals surface area contributed by atoms with Crippen LogP contribution in [-0.4, -0.2) is 111 Å². The third-order valence-electron chi connectivity index (χ3n) is 10.1. The van der Waals surface area contributed by atoms with Crippen molar-refractivity contribution >= 4 is 68.8 Å². The van der Waals surface area contributed by atoms with Gasteiger partial charge in [-0.1, -0.05) is 60.1 Å². The Balaban J connectivity index is 1.68. The molecule has 0 aliphatic carbocycles. The van der Waals surface area contributed by atoms with Gasteiger partial charge in [0, 0.05) is 43.5 Å². The second-order valence-electron chi connectivity index (χ2n) is 14.5. The predicted molar refractivity (Wildman–Crippen MR) is 221 cm³/mol. The average Bonchev–Trinajstić information content (AvgIpc) is 3.70. The molecule has 0 unspecified atom stereocenters. The normalized spacial score (nSPS) is 24.7. The smallest absolute Gasteiger partial charge is 0.246 e. The van der Waals surface area contributed by atoms with Crippen LogP contribution in [0.25, 0.3) is 0 Å². The molecule has 2 fully saturated rings. The summed E-state index contributed by atoms with van der Waals surface area (Å²) in [6.45, 7) is 3.89. The summed E-state index contributed by atoms with van der Waals surface area (Å²) in [4.78, 5) is 113. The summed E-state index contributed by atoms with van der Waals surface area (Å²) in [5.41, 5.74) is 12.2. The van der Waals surface area contributed by atoms with Gasteiger partial charge in [-0.05, 0) is 55.0 Å². The molecule has 7 atom stereocenters. The number of aromatic nitrogens is 1. The Bertz CT molecular complexity index is 1820. The number of nitrogens with two attached hydrogens (primary N) is 2. The molecule has 2 aliphatic rings. The molecule has 20 heteroatoms.